The predicted octanol–water partition coefficient (Wildman–Crippen LogP) is 3.23. The van der Waals surface area contributed by atoms with Crippen LogP contribution < -0.4 is 10.1 Å². The Morgan fingerprint density at radius 1 is 1.03 bits per heavy atom. The molecule has 5 heterocycles. The minimum Gasteiger partial charge on any atom is -0.495 e. The lowest BCUT2D eigenvalue weighted by atomic mass is 10.1. The van der Waals surface area contributed by atoms with Crippen LogP contribution in [0.5, 0.6) is 5.75 Å². The Kier molecular flexibility index (Phi) is 4.13. The highest BCUT2D eigenvalue weighted by Crippen LogP contribution is 2.24. The number of hydrogen-bond acceptors (Lipinski definition) is 8. The second-order valence-corrected chi connectivity index (χ2v) is 7.23. The van der Waals surface area contributed by atoms with Gasteiger partial charge in [-0.2, -0.15) is 14.7 Å². The molecule has 2 N–H and O–H groups in total. The molecule has 32 heavy (non-hydrogen) atoms. The van der Waals surface area contributed by atoms with Crippen LogP contribution in [0.3, 0.4) is 0 Å². The number of benzene rings is 1. The van der Waals surface area contributed by atoms with Crippen molar-refractivity contribution in [2.75, 3.05) is 12.4 Å². The standard InChI is InChI=1S/C22H17N9O/c1-32-15-9-19-22(25-11-15)17(6-7-23-19)24-12-21-29-28-20-5-4-16(30-31(20)21)13-2-3-14-10-26-27-18(14)8-13/h2-11H,12H2,1H3,(H,23,24)(H,26,27). The third-order valence-corrected chi connectivity index (χ3v) is 5.29. The molecule has 0 radical (unpaired) electrons. The summed E-state index contributed by atoms with van der Waals surface area (Å²) in [4.78, 5) is 8.85. The van der Waals surface area contributed by atoms with E-state index >= 15 is 0 Å². The normalized spacial score (nSPS) is 11.4. The van der Waals surface area contributed by atoms with Crippen molar-refractivity contribution < 1.29 is 4.74 Å². The maximum absolute atomic E-state index is 5.24. The minimum atomic E-state index is 0.421. The molecule has 156 valence electrons. The van der Waals surface area contributed by atoms with Crippen molar-refractivity contribution in [3.05, 3.63) is 66.9 Å². The summed E-state index contributed by atoms with van der Waals surface area (Å²) in [7, 11) is 1.61. The van der Waals surface area contributed by atoms with Crippen LogP contribution in [0.1, 0.15) is 5.82 Å². The van der Waals surface area contributed by atoms with Gasteiger partial charge >= 0.3 is 0 Å². The molecule has 1 aromatic carbocycles. The molecule has 0 aliphatic rings. The van der Waals surface area contributed by atoms with E-state index in [0.717, 1.165) is 38.9 Å². The number of anilines is 1. The van der Waals surface area contributed by atoms with Gasteiger partial charge in [-0.3, -0.25) is 10.1 Å². The number of methoxy groups -OCH3 is 1. The Balaban J connectivity index is 1.32. The lowest BCUT2D eigenvalue weighted by Gasteiger charge is -2.09. The van der Waals surface area contributed by atoms with Crippen LogP contribution in [-0.4, -0.2) is 47.1 Å². The number of H-pyrrole nitrogens is 1. The van der Waals surface area contributed by atoms with Crippen LogP contribution in [0.25, 0.3) is 38.8 Å². The summed E-state index contributed by atoms with van der Waals surface area (Å²) >= 11 is 0. The number of aromatic amines is 1. The summed E-state index contributed by atoms with van der Waals surface area (Å²) in [6.45, 7) is 0.421. The topological polar surface area (TPSA) is 119 Å². The maximum atomic E-state index is 5.24. The van der Waals surface area contributed by atoms with Gasteiger partial charge in [-0.15, -0.1) is 10.2 Å². The molecule has 0 spiro atoms. The van der Waals surface area contributed by atoms with E-state index in [1.54, 1.807) is 30.2 Å². The number of hydrogen-bond donors (Lipinski definition) is 2. The summed E-state index contributed by atoms with van der Waals surface area (Å²) in [5.41, 5.74) is 5.78. The Labute approximate surface area is 181 Å². The molecular weight excluding hydrogens is 406 g/mol. The van der Waals surface area contributed by atoms with Gasteiger partial charge < -0.3 is 10.1 Å². The third kappa shape index (κ3) is 3.05. The molecule has 0 saturated carbocycles. The van der Waals surface area contributed by atoms with Crippen LogP contribution in [0, 0.1) is 0 Å². The summed E-state index contributed by atoms with van der Waals surface area (Å²) in [5, 5.41) is 24.8. The van der Waals surface area contributed by atoms with Crippen molar-refractivity contribution in [3.8, 4) is 17.0 Å². The van der Waals surface area contributed by atoms with Gasteiger partial charge in [-0.05, 0) is 24.3 Å². The third-order valence-electron chi connectivity index (χ3n) is 5.29. The number of pyridine rings is 2. The van der Waals surface area contributed by atoms with Crippen molar-refractivity contribution in [2.45, 2.75) is 6.54 Å². The zero-order chi connectivity index (χ0) is 21.5. The Morgan fingerprint density at radius 2 is 2.00 bits per heavy atom. The lowest BCUT2D eigenvalue weighted by molar-refractivity contribution is 0.413. The van der Waals surface area contributed by atoms with Crippen LogP contribution in [0.15, 0.2) is 61.1 Å². The quantitative estimate of drug-likeness (QED) is 0.434. The van der Waals surface area contributed by atoms with Gasteiger partial charge in [0, 0.05) is 23.2 Å². The molecular formula is C22H17N9O. The molecule has 10 heteroatoms. The highest BCUT2D eigenvalue weighted by Gasteiger charge is 2.11. The molecule has 6 rings (SSSR count). The van der Waals surface area contributed by atoms with Crippen molar-refractivity contribution in [1.29, 1.82) is 0 Å². The van der Waals surface area contributed by atoms with Crippen LogP contribution in [0.2, 0.25) is 0 Å². The van der Waals surface area contributed by atoms with Crippen LogP contribution in [0.4, 0.5) is 5.69 Å². The summed E-state index contributed by atoms with van der Waals surface area (Å²) in [5.74, 6) is 1.35. The molecule has 0 amide bonds. The summed E-state index contributed by atoms with van der Waals surface area (Å²) < 4.78 is 6.99. The van der Waals surface area contributed by atoms with Crippen molar-refractivity contribution >= 4 is 33.3 Å². The molecule has 0 aliphatic carbocycles. The van der Waals surface area contributed by atoms with E-state index in [0.29, 0.717) is 23.8 Å². The van der Waals surface area contributed by atoms with E-state index in [-0.39, 0.29) is 0 Å². The van der Waals surface area contributed by atoms with Crippen LogP contribution >= 0.6 is 0 Å². The maximum Gasteiger partial charge on any atom is 0.178 e. The second-order valence-electron chi connectivity index (χ2n) is 7.23. The molecule has 0 bridgehead atoms. The van der Waals surface area contributed by atoms with E-state index < -0.39 is 0 Å². The van der Waals surface area contributed by atoms with Crippen LogP contribution in [-0.2, 0) is 6.54 Å². The van der Waals surface area contributed by atoms with Gasteiger partial charge in [0.2, 0.25) is 0 Å². The first-order valence-electron chi connectivity index (χ1n) is 9.96. The average Bonchev–Trinajstić information content (AvgIpc) is 3.48. The lowest BCUT2D eigenvalue weighted by Crippen LogP contribution is -2.07. The molecule has 10 nitrogen and oxygen atoms in total. The monoisotopic (exact) mass is 423 g/mol. The van der Waals surface area contributed by atoms with Crippen molar-refractivity contribution in [1.82, 2.24) is 40.0 Å². The smallest absolute Gasteiger partial charge is 0.178 e. The number of rotatable bonds is 5. The first-order valence-corrected chi connectivity index (χ1v) is 9.96. The number of nitrogens with one attached hydrogen (secondary N) is 2. The molecule has 6 aromatic rings. The van der Waals surface area contributed by atoms with Gasteiger partial charge in [-0.25, -0.2) is 4.98 Å². The predicted molar refractivity (Wildman–Crippen MR) is 119 cm³/mol. The SMILES string of the molecule is COc1cnc2c(NCc3nnc4ccc(-c5ccc6cn[nH]c6c5)nn34)ccnc2c1. The zero-order valence-corrected chi connectivity index (χ0v) is 17.0. The highest BCUT2D eigenvalue weighted by molar-refractivity contribution is 5.87. The number of ether oxygens (including phenoxy) is 1. The summed E-state index contributed by atoms with van der Waals surface area (Å²) in [6, 6.07) is 13.6. The first-order chi connectivity index (χ1) is 15.8. The van der Waals surface area contributed by atoms with E-state index in [2.05, 4.69) is 35.7 Å². The van der Waals surface area contributed by atoms with E-state index in [9.17, 15) is 0 Å². The molecule has 0 saturated heterocycles. The Bertz CT molecular complexity index is 1590. The molecule has 5 aromatic heterocycles. The molecule has 0 fully saturated rings. The first kappa shape index (κ1) is 18.2. The highest BCUT2D eigenvalue weighted by atomic mass is 16.5. The Morgan fingerprint density at radius 3 is 2.94 bits per heavy atom. The van der Waals surface area contributed by atoms with Crippen molar-refractivity contribution in [3.63, 3.8) is 0 Å². The fraction of sp³-hybridized carbons (Fsp3) is 0.0909. The number of fused-ring (bicyclic) bond motifs is 3. The summed E-state index contributed by atoms with van der Waals surface area (Å²) in [6.07, 6.45) is 5.20. The van der Waals surface area contributed by atoms with Crippen molar-refractivity contribution in [2.24, 2.45) is 0 Å². The van der Waals surface area contributed by atoms with E-state index in [1.165, 1.54) is 0 Å². The van der Waals surface area contributed by atoms with Gasteiger partial charge in [0.05, 0.1) is 48.5 Å². The minimum absolute atomic E-state index is 0.421. The van der Waals surface area contributed by atoms with E-state index in [4.69, 9.17) is 9.84 Å². The van der Waals surface area contributed by atoms with Gasteiger partial charge in [-0.1, -0.05) is 12.1 Å². The van der Waals surface area contributed by atoms with Gasteiger partial charge in [0.1, 0.15) is 11.3 Å². The molecule has 0 unspecified atom stereocenters. The molecule has 0 atom stereocenters. The van der Waals surface area contributed by atoms with E-state index in [1.807, 2.05) is 42.5 Å². The average molecular weight is 423 g/mol. The fourth-order valence-corrected chi connectivity index (χ4v) is 3.63. The van der Waals surface area contributed by atoms with Gasteiger partial charge in [0.15, 0.2) is 11.5 Å². The number of aromatic nitrogens is 8. The number of nitrogens with zero attached hydrogens (tertiary/aromatic N) is 7. The fourth-order valence-electron chi connectivity index (χ4n) is 3.63. The second kappa shape index (κ2) is 7.27. The van der Waals surface area contributed by atoms with Gasteiger partial charge in [0.25, 0.3) is 0 Å². The molecule has 0 aliphatic heterocycles. The Hall–Kier alpha value is -4.60. The zero-order valence-electron chi connectivity index (χ0n) is 17.0. The largest absolute Gasteiger partial charge is 0.495 e.